The van der Waals surface area contributed by atoms with Gasteiger partial charge in [0.2, 0.25) is 0 Å². The Hall–Kier alpha value is -3.84. The Labute approximate surface area is 173 Å². The third kappa shape index (κ3) is 6.35. The van der Waals surface area contributed by atoms with Crippen molar-refractivity contribution in [2.24, 2.45) is 5.11 Å². The van der Waals surface area contributed by atoms with Crippen LogP contribution in [0, 0.1) is 13.8 Å². The van der Waals surface area contributed by atoms with Crippen LogP contribution in [0.2, 0.25) is 0 Å². The molecule has 0 fully saturated rings. The van der Waals surface area contributed by atoms with E-state index in [-0.39, 0.29) is 18.9 Å². The van der Waals surface area contributed by atoms with E-state index in [2.05, 4.69) is 20.7 Å². The molecular formula is C21H23N5O4. The Kier molecular flexibility index (Phi) is 7.96. The predicted octanol–water partition coefficient (Wildman–Crippen LogP) is 3.12. The normalized spacial score (nSPS) is 11.1. The molecule has 0 bridgehead atoms. The summed E-state index contributed by atoms with van der Waals surface area (Å²) in [5, 5.41) is 17.6. The van der Waals surface area contributed by atoms with E-state index in [1.165, 1.54) is 0 Å². The maximum absolute atomic E-state index is 12.5. The third-order valence-electron chi connectivity index (χ3n) is 4.50. The first-order chi connectivity index (χ1) is 14.3. The van der Waals surface area contributed by atoms with Gasteiger partial charge in [-0.15, -0.1) is 0 Å². The van der Waals surface area contributed by atoms with Gasteiger partial charge in [0.1, 0.15) is 0 Å². The molecule has 0 heterocycles. The van der Waals surface area contributed by atoms with Crippen molar-refractivity contribution in [2.75, 3.05) is 6.54 Å². The summed E-state index contributed by atoms with van der Waals surface area (Å²) in [4.78, 5) is 38.3. The van der Waals surface area contributed by atoms with Crippen LogP contribution in [0.1, 0.15) is 43.8 Å². The molecule has 156 valence electrons. The predicted molar refractivity (Wildman–Crippen MR) is 111 cm³/mol. The summed E-state index contributed by atoms with van der Waals surface area (Å²) in [7, 11) is 0. The van der Waals surface area contributed by atoms with Crippen molar-refractivity contribution in [1.82, 2.24) is 10.6 Å². The number of carbonyl (C=O) groups excluding carboxylic acids is 2. The Morgan fingerprint density at radius 2 is 1.70 bits per heavy atom. The minimum Gasteiger partial charge on any atom is -0.481 e. The molecule has 9 nitrogen and oxygen atoms in total. The number of amides is 2. The van der Waals surface area contributed by atoms with E-state index in [9.17, 15) is 14.4 Å². The summed E-state index contributed by atoms with van der Waals surface area (Å²) in [6.45, 7) is 3.91. The molecule has 1 atom stereocenters. The molecule has 0 spiro atoms. The number of carbonyl (C=O) groups is 3. The van der Waals surface area contributed by atoms with Crippen molar-refractivity contribution in [3.8, 4) is 0 Å². The molecule has 9 heteroatoms. The number of aryl methyl sites for hydroxylation is 2. The van der Waals surface area contributed by atoms with Gasteiger partial charge in [-0.3, -0.25) is 14.4 Å². The zero-order chi connectivity index (χ0) is 22.1. The molecule has 30 heavy (non-hydrogen) atoms. The Morgan fingerprint density at radius 1 is 1.07 bits per heavy atom. The first-order valence-electron chi connectivity index (χ1n) is 9.28. The molecule has 0 unspecified atom stereocenters. The molecule has 0 aliphatic heterocycles. The van der Waals surface area contributed by atoms with Crippen LogP contribution in [0.25, 0.3) is 10.4 Å². The molecule has 2 amide bonds. The minimum atomic E-state index is -1.11. The Balaban J connectivity index is 1.98. The summed E-state index contributed by atoms with van der Waals surface area (Å²) in [6, 6.07) is 11.5. The fraction of sp³-hybridized carbons (Fsp3) is 0.286. The van der Waals surface area contributed by atoms with E-state index in [0.29, 0.717) is 17.7 Å². The maximum Gasteiger partial charge on any atom is 0.305 e. The van der Waals surface area contributed by atoms with Crippen LogP contribution in [0.5, 0.6) is 0 Å². The van der Waals surface area contributed by atoms with Gasteiger partial charge in [0, 0.05) is 35.2 Å². The van der Waals surface area contributed by atoms with Crippen LogP contribution in [0.3, 0.4) is 0 Å². The molecule has 0 saturated heterocycles. The van der Waals surface area contributed by atoms with Crippen molar-refractivity contribution in [1.29, 1.82) is 0 Å². The standard InChI is InChI=1S/C21H23N5O4/c1-13-4-3-5-14(2)19(13)21(30)23-11-15-6-8-16(9-7-15)20(29)25-17(10-18(27)28)12-24-26-22/h3-9,17H,10-12H2,1-2H3,(H,23,30)(H,25,29)(H,27,28)/t17-/m0/s1. The second-order valence-corrected chi connectivity index (χ2v) is 6.83. The lowest BCUT2D eigenvalue weighted by Crippen LogP contribution is -2.38. The van der Waals surface area contributed by atoms with Gasteiger partial charge in [-0.2, -0.15) is 0 Å². The molecule has 0 aliphatic rings. The Bertz CT molecular complexity index is 957. The first-order valence-corrected chi connectivity index (χ1v) is 9.28. The summed E-state index contributed by atoms with van der Waals surface area (Å²) >= 11 is 0. The van der Waals surface area contributed by atoms with Crippen molar-refractivity contribution >= 4 is 17.8 Å². The van der Waals surface area contributed by atoms with Crippen LogP contribution in [-0.2, 0) is 11.3 Å². The number of hydrogen-bond donors (Lipinski definition) is 3. The average Bonchev–Trinajstić information content (AvgIpc) is 2.70. The smallest absolute Gasteiger partial charge is 0.305 e. The lowest BCUT2D eigenvalue weighted by atomic mass is 10.0. The van der Waals surface area contributed by atoms with Crippen molar-refractivity contribution in [3.63, 3.8) is 0 Å². The number of nitrogens with zero attached hydrogens (tertiary/aromatic N) is 3. The molecule has 3 N–H and O–H groups in total. The molecule has 2 aromatic rings. The molecule has 0 aliphatic carbocycles. The highest BCUT2D eigenvalue weighted by molar-refractivity contribution is 5.97. The molecule has 2 rings (SSSR count). The van der Waals surface area contributed by atoms with Gasteiger partial charge in [-0.25, -0.2) is 0 Å². The van der Waals surface area contributed by atoms with Crippen LogP contribution in [0.4, 0.5) is 0 Å². The van der Waals surface area contributed by atoms with Gasteiger partial charge in [-0.1, -0.05) is 35.4 Å². The summed E-state index contributed by atoms with van der Waals surface area (Å²) in [5.74, 6) is -1.74. The zero-order valence-corrected chi connectivity index (χ0v) is 16.8. The number of carboxylic acid groups (broad SMARTS) is 1. The lowest BCUT2D eigenvalue weighted by molar-refractivity contribution is -0.137. The maximum atomic E-state index is 12.5. The molecular weight excluding hydrogens is 386 g/mol. The topological polar surface area (TPSA) is 144 Å². The zero-order valence-electron chi connectivity index (χ0n) is 16.8. The minimum absolute atomic E-state index is 0.156. The van der Waals surface area contributed by atoms with Gasteiger partial charge < -0.3 is 15.7 Å². The highest BCUT2D eigenvalue weighted by Crippen LogP contribution is 2.13. The van der Waals surface area contributed by atoms with Crippen molar-refractivity contribution in [3.05, 3.63) is 80.7 Å². The second kappa shape index (κ2) is 10.6. The van der Waals surface area contributed by atoms with Crippen LogP contribution < -0.4 is 10.6 Å². The van der Waals surface area contributed by atoms with E-state index in [1.807, 2.05) is 32.0 Å². The Morgan fingerprint density at radius 3 is 2.27 bits per heavy atom. The number of rotatable bonds is 9. The number of hydrogen-bond acceptors (Lipinski definition) is 4. The van der Waals surface area contributed by atoms with Gasteiger partial charge in [0.15, 0.2) is 0 Å². The van der Waals surface area contributed by atoms with Gasteiger partial charge >= 0.3 is 5.97 Å². The number of benzene rings is 2. The fourth-order valence-corrected chi connectivity index (χ4v) is 2.99. The van der Waals surface area contributed by atoms with Crippen LogP contribution in [-0.4, -0.2) is 35.5 Å². The van der Waals surface area contributed by atoms with Crippen molar-refractivity contribution in [2.45, 2.75) is 32.9 Å². The van der Waals surface area contributed by atoms with E-state index in [4.69, 9.17) is 10.6 Å². The van der Waals surface area contributed by atoms with E-state index < -0.39 is 17.9 Å². The summed E-state index contributed by atoms with van der Waals surface area (Å²) in [6.07, 6.45) is -0.354. The first kappa shape index (κ1) is 22.4. The average molecular weight is 409 g/mol. The van der Waals surface area contributed by atoms with Gasteiger partial charge in [0.05, 0.1) is 6.42 Å². The quantitative estimate of drug-likeness (QED) is 0.332. The number of aliphatic carboxylic acids is 1. The van der Waals surface area contributed by atoms with E-state index >= 15 is 0 Å². The van der Waals surface area contributed by atoms with Crippen LogP contribution in [0.15, 0.2) is 47.6 Å². The van der Waals surface area contributed by atoms with Gasteiger partial charge in [-0.05, 0) is 48.2 Å². The number of nitrogens with one attached hydrogen (secondary N) is 2. The molecule has 2 aromatic carbocycles. The van der Waals surface area contributed by atoms with E-state index in [0.717, 1.165) is 16.7 Å². The SMILES string of the molecule is Cc1cccc(C)c1C(=O)NCc1ccc(C(=O)N[C@H](CN=[N+]=[N-])CC(=O)O)cc1. The molecule has 0 saturated carbocycles. The van der Waals surface area contributed by atoms with E-state index in [1.54, 1.807) is 24.3 Å². The summed E-state index contributed by atoms with van der Waals surface area (Å²) in [5.41, 5.74) is 12.0. The molecule has 0 aromatic heterocycles. The number of azide groups is 1. The van der Waals surface area contributed by atoms with Crippen LogP contribution >= 0.6 is 0 Å². The van der Waals surface area contributed by atoms with Crippen molar-refractivity contribution < 1.29 is 19.5 Å². The highest BCUT2D eigenvalue weighted by Gasteiger charge is 2.16. The fourth-order valence-electron chi connectivity index (χ4n) is 2.99. The third-order valence-corrected chi connectivity index (χ3v) is 4.50. The highest BCUT2D eigenvalue weighted by atomic mass is 16.4. The monoisotopic (exact) mass is 409 g/mol. The largest absolute Gasteiger partial charge is 0.481 e. The summed E-state index contributed by atoms with van der Waals surface area (Å²) < 4.78 is 0. The molecule has 0 radical (unpaired) electrons. The second-order valence-electron chi connectivity index (χ2n) is 6.83. The number of carboxylic acids is 1. The van der Waals surface area contributed by atoms with Gasteiger partial charge in [0.25, 0.3) is 11.8 Å². The lowest BCUT2D eigenvalue weighted by Gasteiger charge is -2.15.